The number of morpholine rings is 1. The molecular formula is C9H18N2O. The molecule has 1 saturated heterocycles. The van der Waals surface area contributed by atoms with Crippen LogP contribution < -0.4 is 5.73 Å². The van der Waals surface area contributed by atoms with Gasteiger partial charge in [-0.1, -0.05) is 0 Å². The molecule has 0 bridgehead atoms. The molecular weight excluding hydrogens is 152 g/mol. The van der Waals surface area contributed by atoms with Crippen molar-refractivity contribution in [1.82, 2.24) is 4.90 Å². The highest BCUT2D eigenvalue weighted by Gasteiger charge is 2.32. The maximum atomic E-state index is 5.74. The SMILES string of the molecule is N[C@@H]1C[C@H]1CCN1CCOCC1. The van der Waals surface area contributed by atoms with Gasteiger partial charge < -0.3 is 10.5 Å². The van der Waals surface area contributed by atoms with Crippen LogP contribution in [0.15, 0.2) is 0 Å². The fraction of sp³-hybridized carbons (Fsp3) is 1.00. The summed E-state index contributed by atoms with van der Waals surface area (Å²) in [5, 5.41) is 0. The van der Waals surface area contributed by atoms with Crippen molar-refractivity contribution in [2.75, 3.05) is 32.8 Å². The van der Waals surface area contributed by atoms with Crippen LogP contribution in [0.25, 0.3) is 0 Å². The van der Waals surface area contributed by atoms with Crippen molar-refractivity contribution in [3.8, 4) is 0 Å². The lowest BCUT2D eigenvalue weighted by molar-refractivity contribution is 0.0367. The van der Waals surface area contributed by atoms with Gasteiger partial charge in [0, 0.05) is 19.1 Å². The van der Waals surface area contributed by atoms with Crippen molar-refractivity contribution in [2.24, 2.45) is 11.7 Å². The molecule has 2 atom stereocenters. The van der Waals surface area contributed by atoms with Gasteiger partial charge in [0.2, 0.25) is 0 Å². The fourth-order valence-electron chi connectivity index (χ4n) is 1.78. The van der Waals surface area contributed by atoms with Crippen LogP contribution in [0.5, 0.6) is 0 Å². The molecule has 2 fully saturated rings. The third kappa shape index (κ3) is 2.19. The third-order valence-electron chi connectivity index (χ3n) is 2.90. The Morgan fingerprint density at radius 1 is 1.33 bits per heavy atom. The lowest BCUT2D eigenvalue weighted by Gasteiger charge is -2.26. The summed E-state index contributed by atoms with van der Waals surface area (Å²) >= 11 is 0. The van der Waals surface area contributed by atoms with Gasteiger partial charge in [-0.2, -0.15) is 0 Å². The highest BCUT2D eigenvalue weighted by molar-refractivity contribution is 4.90. The van der Waals surface area contributed by atoms with Crippen molar-refractivity contribution < 1.29 is 4.74 Å². The first kappa shape index (κ1) is 8.48. The molecule has 2 aliphatic rings. The molecule has 2 rings (SSSR count). The second-order valence-corrected chi connectivity index (χ2v) is 3.90. The van der Waals surface area contributed by atoms with E-state index in [0.717, 1.165) is 32.2 Å². The zero-order valence-electron chi connectivity index (χ0n) is 7.54. The summed E-state index contributed by atoms with van der Waals surface area (Å²) in [6.07, 6.45) is 2.55. The van der Waals surface area contributed by atoms with Crippen molar-refractivity contribution in [3.05, 3.63) is 0 Å². The molecule has 0 radical (unpaired) electrons. The molecule has 1 aliphatic carbocycles. The molecule has 0 aromatic rings. The van der Waals surface area contributed by atoms with Crippen LogP contribution in [0.3, 0.4) is 0 Å². The molecule has 1 heterocycles. The molecule has 70 valence electrons. The molecule has 0 amide bonds. The van der Waals surface area contributed by atoms with Crippen molar-refractivity contribution in [3.63, 3.8) is 0 Å². The van der Waals surface area contributed by atoms with Crippen LogP contribution >= 0.6 is 0 Å². The van der Waals surface area contributed by atoms with E-state index in [-0.39, 0.29) is 0 Å². The van der Waals surface area contributed by atoms with E-state index < -0.39 is 0 Å². The summed E-state index contributed by atoms with van der Waals surface area (Å²) in [5.41, 5.74) is 5.74. The third-order valence-corrected chi connectivity index (χ3v) is 2.90. The average Bonchev–Trinajstić information content (AvgIpc) is 2.81. The quantitative estimate of drug-likeness (QED) is 0.650. The van der Waals surface area contributed by atoms with E-state index in [9.17, 15) is 0 Å². The summed E-state index contributed by atoms with van der Waals surface area (Å²) in [7, 11) is 0. The fourth-order valence-corrected chi connectivity index (χ4v) is 1.78. The molecule has 0 aromatic heterocycles. The van der Waals surface area contributed by atoms with Crippen LogP contribution in [0.4, 0.5) is 0 Å². The molecule has 0 aromatic carbocycles. The molecule has 0 unspecified atom stereocenters. The maximum Gasteiger partial charge on any atom is 0.0594 e. The van der Waals surface area contributed by atoms with Gasteiger partial charge in [0.25, 0.3) is 0 Å². The van der Waals surface area contributed by atoms with Crippen LogP contribution in [0.2, 0.25) is 0 Å². The Morgan fingerprint density at radius 3 is 2.58 bits per heavy atom. The van der Waals surface area contributed by atoms with Gasteiger partial charge in [-0.3, -0.25) is 4.90 Å². The minimum absolute atomic E-state index is 0.519. The Hall–Kier alpha value is -0.120. The lowest BCUT2D eigenvalue weighted by Crippen LogP contribution is -2.37. The van der Waals surface area contributed by atoms with E-state index in [1.54, 1.807) is 0 Å². The number of ether oxygens (including phenoxy) is 1. The van der Waals surface area contributed by atoms with Gasteiger partial charge in [-0.15, -0.1) is 0 Å². The molecule has 12 heavy (non-hydrogen) atoms. The average molecular weight is 170 g/mol. The molecule has 2 N–H and O–H groups in total. The van der Waals surface area contributed by atoms with Crippen LogP contribution in [0.1, 0.15) is 12.8 Å². The van der Waals surface area contributed by atoms with Crippen molar-refractivity contribution >= 4 is 0 Å². The van der Waals surface area contributed by atoms with Gasteiger partial charge >= 0.3 is 0 Å². The minimum Gasteiger partial charge on any atom is -0.379 e. The second-order valence-electron chi connectivity index (χ2n) is 3.90. The maximum absolute atomic E-state index is 5.74. The highest BCUT2D eigenvalue weighted by Crippen LogP contribution is 2.31. The zero-order chi connectivity index (χ0) is 8.39. The molecule has 1 saturated carbocycles. The largest absolute Gasteiger partial charge is 0.379 e. The van der Waals surface area contributed by atoms with Crippen LogP contribution in [0, 0.1) is 5.92 Å². The zero-order valence-corrected chi connectivity index (χ0v) is 7.54. The Labute approximate surface area is 73.9 Å². The first-order valence-corrected chi connectivity index (χ1v) is 4.92. The second kappa shape index (κ2) is 3.73. The minimum atomic E-state index is 0.519. The van der Waals surface area contributed by atoms with E-state index in [2.05, 4.69) is 4.90 Å². The first-order chi connectivity index (χ1) is 5.86. The topological polar surface area (TPSA) is 38.5 Å². The summed E-state index contributed by atoms with van der Waals surface area (Å²) in [5.74, 6) is 0.827. The van der Waals surface area contributed by atoms with Crippen LogP contribution in [-0.2, 0) is 4.74 Å². The Balaban J connectivity index is 1.59. The predicted octanol–water partition coefficient (Wildman–Crippen LogP) is 0.0559. The molecule has 0 spiro atoms. The van der Waals surface area contributed by atoms with E-state index in [4.69, 9.17) is 10.5 Å². The number of nitrogens with zero attached hydrogens (tertiary/aromatic N) is 1. The van der Waals surface area contributed by atoms with Crippen molar-refractivity contribution in [2.45, 2.75) is 18.9 Å². The van der Waals surface area contributed by atoms with Gasteiger partial charge in [0.15, 0.2) is 0 Å². The smallest absolute Gasteiger partial charge is 0.0594 e. The first-order valence-electron chi connectivity index (χ1n) is 4.92. The highest BCUT2D eigenvalue weighted by atomic mass is 16.5. The molecule has 3 heteroatoms. The standard InChI is InChI=1S/C9H18N2O/c10-9-7-8(9)1-2-11-3-5-12-6-4-11/h8-9H,1-7,10H2/t8-,9-/m1/s1. The monoisotopic (exact) mass is 170 g/mol. The van der Waals surface area contributed by atoms with E-state index in [0.29, 0.717) is 6.04 Å². The summed E-state index contributed by atoms with van der Waals surface area (Å²) in [6, 6.07) is 0.519. The Kier molecular flexibility index (Phi) is 2.63. The Morgan fingerprint density at radius 2 is 2.00 bits per heavy atom. The number of hydrogen-bond donors (Lipinski definition) is 1. The van der Waals surface area contributed by atoms with Crippen LogP contribution in [-0.4, -0.2) is 43.8 Å². The number of hydrogen-bond acceptors (Lipinski definition) is 3. The predicted molar refractivity (Wildman–Crippen MR) is 48.0 cm³/mol. The lowest BCUT2D eigenvalue weighted by atomic mass is 10.2. The molecule has 3 nitrogen and oxygen atoms in total. The van der Waals surface area contributed by atoms with E-state index in [1.165, 1.54) is 19.4 Å². The molecule has 1 aliphatic heterocycles. The Bertz CT molecular complexity index is 145. The summed E-state index contributed by atoms with van der Waals surface area (Å²) in [4.78, 5) is 2.48. The summed E-state index contributed by atoms with van der Waals surface area (Å²) < 4.78 is 5.28. The van der Waals surface area contributed by atoms with Gasteiger partial charge in [0.1, 0.15) is 0 Å². The summed E-state index contributed by atoms with van der Waals surface area (Å²) in [6.45, 7) is 5.28. The van der Waals surface area contributed by atoms with E-state index in [1.807, 2.05) is 0 Å². The van der Waals surface area contributed by atoms with Gasteiger partial charge in [-0.05, 0) is 25.3 Å². The van der Waals surface area contributed by atoms with Gasteiger partial charge in [-0.25, -0.2) is 0 Å². The number of nitrogens with two attached hydrogens (primary N) is 1. The van der Waals surface area contributed by atoms with Gasteiger partial charge in [0.05, 0.1) is 13.2 Å². The number of rotatable bonds is 3. The van der Waals surface area contributed by atoms with E-state index >= 15 is 0 Å². The van der Waals surface area contributed by atoms with Crippen molar-refractivity contribution in [1.29, 1.82) is 0 Å². The normalized spacial score (nSPS) is 36.8.